The fourth-order valence-electron chi connectivity index (χ4n) is 4.20. The van der Waals surface area contributed by atoms with E-state index in [-0.39, 0.29) is 17.9 Å². The summed E-state index contributed by atoms with van der Waals surface area (Å²) in [5.41, 5.74) is 4.52. The SMILES string of the molecule is Cc1ccc(-c2noc(CN(C(=O)[C@@H]3CCCN(c4ccc(C)cc4)C3)C(C)C)n2)cc1. The Morgan fingerprint density at radius 1 is 1.09 bits per heavy atom. The second kappa shape index (κ2) is 9.55. The number of rotatable bonds is 6. The zero-order chi connectivity index (χ0) is 22.7. The first-order valence-corrected chi connectivity index (χ1v) is 11.4. The molecule has 0 spiro atoms. The largest absolute Gasteiger partial charge is 0.371 e. The summed E-state index contributed by atoms with van der Waals surface area (Å²) < 4.78 is 5.50. The number of amides is 1. The van der Waals surface area contributed by atoms with Gasteiger partial charge in [-0.15, -0.1) is 0 Å². The van der Waals surface area contributed by atoms with E-state index in [9.17, 15) is 4.79 Å². The fourth-order valence-corrected chi connectivity index (χ4v) is 4.20. The van der Waals surface area contributed by atoms with Crippen LogP contribution in [-0.2, 0) is 11.3 Å². The normalized spacial score (nSPS) is 16.4. The Morgan fingerprint density at radius 2 is 1.75 bits per heavy atom. The summed E-state index contributed by atoms with van der Waals surface area (Å²) in [5.74, 6) is 1.15. The molecule has 1 aliphatic rings. The van der Waals surface area contributed by atoms with Crippen molar-refractivity contribution in [3.8, 4) is 11.4 Å². The molecule has 1 aromatic heterocycles. The number of aromatic nitrogens is 2. The van der Waals surface area contributed by atoms with Gasteiger partial charge in [-0.3, -0.25) is 4.79 Å². The third kappa shape index (κ3) is 5.01. The average molecular weight is 433 g/mol. The van der Waals surface area contributed by atoms with Crippen molar-refractivity contribution in [1.29, 1.82) is 0 Å². The molecular weight excluding hydrogens is 400 g/mol. The number of carbonyl (C=O) groups is 1. The minimum absolute atomic E-state index is 0.0352. The lowest BCUT2D eigenvalue weighted by Gasteiger charge is -2.37. The van der Waals surface area contributed by atoms with Crippen LogP contribution >= 0.6 is 0 Å². The molecule has 3 aromatic rings. The minimum Gasteiger partial charge on any atom is -0.371 e. The van der Waals surface area contributed by atoms with Gasteiger partial charge in [0.1, 0.15) is 6.54 Å². The summed E-state index contributed by atoms with van der Waals surface area (Å²) in [6, 6.07) is 16.6. The minimum atomic E-state index is -0.0352. The zero-order valence-electron chi connectivity index (χ0n) is 19.4. The second-order valence-corrected chi connectivity index (χ2v) is 9.06. The molecule has 4 rings (SSSR count). The summed E-state index contributed by atoms with van der Waals surface area (Å²) in [7, 11) is 0. The first kappa shape index (κ1) is 22.1. The molecule has 0 bridgehead atoms. The van der Waals surface area contributed by atoms with E-state index in [4.69, 9.17) is 4.52 Å². The van der Waals surface area contributed by atoms with Crippen LogP contribution in [0.2, 0.25) is 0 Å². The van der Waals surface area contributed by atoms with E-state index in [0.717, 1.165) is 31.5 Å². The van der Waals surface area contributed by atoms with Gasteiger partial charge in [-0.1, -0.05) is 52.7 Å². The maximum Gasteiger partial charge on any atom is 0.246 e. The first-order valence-electron chi connectivity index (χ1n) is 11.4. The maximum absolute atomic E-state index is 13.5. The molecule has 6 heteroatoms. The molecule has 1 atom stereocenters. The Bertz CT molecular complexity index is 1040. The van der Waals surface area contributed by atoms with E-state index < -0.39 is 0 Å². The molecule has 1 aliphatic heterocycles. The number of hydrogen-bond donors (Lipinski definition) is 0. The molecule has 2 heterocycles. The molecule has 6 nitrogen and oxygen atoms in total. The van der Waals surface area contributed by atoms with E-state index >= 15 is 0 Å². The van der Waals surface area contributed by atoms with Crippen LogP contribution in [0.25, 0.3) is 11.4 Å². The Labute approximate surface area is 190 Å². The second-order valence-electron chi connectivity index (χ2n) is 9.06. The Hall–Kier alpha value is -3.15. The number of nitrogens with zero attached hydrogens (tertiary/aromatic N) is 4. The predicted molar refractivity (Wildman–Crippen MR) is 126 cm³/mol. The van der Waals surface area contributed by atoms with Gasteiger partial charge in [0.25, 0.3) is 0 Å². The third-order valence-electron chi connectivity index (χ3n) is 6.16. The molecule has 1 fully saturated rings. The van der Waals surface area contributed by atoms with Crippen molar-refractivity contribution in [2.75, 3.05) is 18.0 Å². The van der Waals surface area contributed by atoms with Crippen molar-refractivity contribution >= 4 is 11.6 Å². The highest BCUT2D eigenvalue weighted by atomic mass is 16.5. The zero-order valence-corrected chi connectivity index (χ0v) is 19.4. The fraction of sp³-hybridized carbons (Fsp3) is 0.423. The lowest BCUT2D eigenvalue weighted by atomic mass is 9.95. The summed E-state index contributed by atoms with van der Waals surface area (Å²) >= 11 is 0. The molecule has 0 saturated carbocycles. The molecule has 0 unspecified atom stereocenters. The van der Waals surface area contributed by atoms with Gasteiger partial charge in [-0.25, -0.2) is 0 Å². The molecule has 0 radical (unpaired) electrons. The van der Waals surface area contributed by atoms with Crippen LogP contribution in [0.3, 0.4) is 0 Å². The van der Waals surface area contributed by atoms with Crippen molar-refractivity contribution in [3.05, 3.63) is 65.5 Å². The standard InChI is InChI=1S/C26H32N4O2/c1-18(2)30(17-24-27-25(28-32-24)21-11-7-19(3)8-12-21)26(31)22-6-5-15-29(16-22)23-13-9-20(4)10-14-23/h7-14,18,22H,5-6,15-17H2,1-4H3/t22-/m1/s1. The lowest BCUT2D eigenvalue weighted by molar-refractivity contribution is -0.138. The highest BCUT2D eigenvalue weighted by Crippen LogP contribution is 2.26. The smallest absolute Gasteiger partial charge is 0.246 e. The number of benzene rings is 2. The van der Waals surface area contributed by atoms with Crippen LogP contribution in [0.15, 0.2) is 53.1 Å². The number of hydrogen-bond acceptors (Lipinski definition) is 5. The van der Waals surface area contributed by atoms with Crippen LogP contribution in [0.4, 0.5) is 5.69 Å². The summed E-state index contributed by atoms with van der Waals surface area (Å²) in [4.78, 5) is 22.2. The summed E-state index contributed by atoms with van der Waals surface area (Å²) in [6.45, 7) is 10.3. The molecular formula is C26H32N4O2. The van der Waals surface area contributed by atoms with Crippen LogP contribution in [-0.4, -0.2) is 40.1 Å². The highest BCUT2D eigenvalue weighted by molar-refractivity contribution is 5.80. The number of aryl methyl sites for hydroxylation is 2. The summed E-state index contributed by atoms with van der Waals surface area (Å²) in [6.07, 6.45) is 1.91. The first-order chi connectivity index (χ1) is 15.4. The van der Waals surface area contributed by atoms with Gasteiger partial charge in [0.15, 0.2) is 0 Å². The van der Waals surface area contributed by atoms with Gasteiger partial charge in [0.2, 0.25) is 17.6 Å². The van der Waals surface area contributed by atoms with Crippen molar-refractivity contribution in [2.24, 2.45) is 5.92 Å². The van der Waals surface area contributed by atoms with Crippen LogP contribution in [0.5, 0.6) is 0 Å². The highest BCUT2D eigenvalue weighted by Gasteiger charge is 2.31. The van der Waals surface area contributed by atoms with Crippen molar-refractivity contribution in [1.82, 2.24) is 15.0 Å². The van der Waals surface area contributed by atoms with Crippen LogP contribution < -0.4 is 4.90 Å². The molecule has 1 amide bonds. The molecule has 0 N–H and O–H groups in total. The monoisotopic (exact) mass is 432 g/mol. The number of piperidine rings is 1. The van der Waals surface area contributed by atoms with E-state index in [0.29, 0.717) is 18.3 Å². The van der Waals surface area contributed by atoms with Crippen molar-refractivity contribution < 1.29 is 9.32 Å². The quantitative estimate of drug-likeness (QED) is 0.548. The molecule has 32 heavy (non-hydrogen) atoms. The van der Waals surface area contributed by atoms with E-state index in [1.165, 1.54) is 16.8 Å². The van der Waals surface area contributed by atoms with Crippen LogP contribution in [0, 0.1) is 19.8 Å². The van der Waals surface area contributed by atoms with Crippen LogP contribution in [0.1, 0.15) is 43.7 Å². The maximum atomic E-state index is 13.5. The molecule has 0 aliphatic carbocycles. The molecule has 1 saturated heterocycles. The van der Waals surface area contributed by atoms with Crippen molar-refractivity contribution in [3.63, 3.8) is 0 Å². The van der Waals surface area contributed by atoms with Gasteiger partial charge >= 0.3 is 0 Å². The summed E-state index contributed by atoms with van der Waals surface area (Å²) in [5, 5.41) is 4.13. The van der Waals surface area contributed by atoms with E-state index in [2.05, 4.69) is 46.2 Å². The van der Waals surface area contributed by atoms with Gasteiger partial charge in [-0.2, -0.15) is 4.98 Å². The number of carbonyl (C=O) groups excluding carboxylic acids is 1. The lowest BCUT2D eigenvalue weighted by Crippen LogP contribution is -2.47. The van der Waals surface area contributed by atoms with Gasteiger partial charge in [-0.05, 0) is 52.7 Å². The Morgan fingerprint density at radius 3 is 2.41 bits per heavy atom. The van der Waals surface area contributed by atoms with Gasteiger partial charge < -0.3 is 14.3 Å². The average Bonchev–Trinajstić information content (AvgIpc) is 3.26. The number of anilines is 1. The Balaban J connectivity index is 1.46. The van der Waals surface area contributed by atoms with Gasteiger partial charge in [0.05, 0.1) is 5.92 Å². The molecule has 2 aromatic carbocycles. The van der Waals surface area contributed by atoms with Gasteiger partial charge in [0, 0.05) is 30.4 Å². The van der Waals surface area contributed by atoms with Crippen molar-refractivity contribution in [2.45, 2.75) is 53.1 Å². The predicted octanol–water partition coefficient (Wildman–Crippen LogP) is 5.01. The third-order valence-corrected chi connectivity index (χ3v) is 6.16. The Kier molecular flexibility index (Phi) is 6.58. The van der Waals surface area contributed by atoms with E-state index in [1.54, 1.807) is 0 Å². The molecule has 168 valence electrons. The van der Waals surface area contributed by atoms with E-state index in [1.807, 2.05) is 49.9 Å². The topological polar surface area (TPSA) is 62.5 Å².